The van der Waals surface area contributed by atoms with E-state index in [9.17, 15) is 14.4 Å². The van der Waals surface area contributed by atoms with Crippen LogP contribution < -0.4 is 5.32 Å². The van der Waals surface area contributed by atoms with Crippen LogP contribution in [0.5, 0.6) is 0 Å². The predicted molar refractivity (Wildman–Crippen MR) is 60.6 cm³/mol. The molecular weight excluding hydrogens is 220 g/mol. The number of amides is 3. The molecule has 0 radical (unpaired) electrons. The van der Waals surface area contributed by atoms with Crippen LogP contribution in [0.2, 0.25) is 0 Å². The molecule has 0 saturated carbocycles. The average Bonchev–Trinajstić information content (AvgIpc) is 2.54. The lowest BCUT2D eigenvalue weighted by molar-refractivity contribution is -0.119. The molecule has 2 rings (SSSR count). The Balaban J connectivity index is 2.36. The number of hydrogen-bond donors (Lipinski definition) is 1. The highest BCUT2D eigenvalue weighted by molar-refractivity contribution is 6.21. The highest BCUT2D eigenvalue weighted by Crippen LogP contribution is 2.22. The summed E-state index contributed by atoms with van der Waals surface area (Å²) in [5.41, 5.74) is 1.50. The van der Waals surface area contributed by atoms with Gasteiger partial charge in [0, 0.05) is 14.1 Å². The monoisotopic (exact) mass is 232 g/mol. The molecule has 0 fully saturated rings. The zero-order valence-corrected chi connectivity index (χ0v) is 9.61. The first-order valence-corrected chi connectivity index (χ1v) is 5.20. The number of carbonyl (C=O) groups is 3. The average molecular weight is 232 g/mol. The van der Waals surface area contributed by atoms with Crippen LogP contribution >= 0.6 is 0 Å². The number of nitrogens with zero attached hydrogens (tertiary/aromatic N) is 1. The van der Waals surface area contributed by atoms with E-state index in [1.54, 1.807) is 25.2 Å². The maximum absolute atomic E-state index is 11.7. The van der Waals surface area contributed by atoms with Crippen molar-refractivity contribution in [1.82, 2.24) is 10.2 Å². The van der Waals surface area contributed by atoms with Gasteiger partial charge in [0.2, 0.25) is 5.91 Å². The molecule has 0 atom stereocenters. The van der Waals surface area contributed by atoms with E-state index >= 15 is 0 Å². The summed E-state index contributed by atoms with van der Waals surface area (Å²) in [5.74, 6) is -0.740. The molecule has 0 aliphatic carbocycles. The third-order valence-corrected chi connectivity index (χ3v) is 2.80. The van der Waals surface area contributed by atoms with E-state index in [-0.39, 0.29) is 24.1 Å². The van der Waals surface area contributed by atoms with Crippen LogP contribution in [0.1, 0.15) is 26.3 Å². The van der Waals surface area contributed by atoms with Gasteiger partial charge in [0.15, 0.2) is 0 Å². The van der Waals surface area contributed by atoms with Gasteiger partial charge in [-0.1, -0.05) is 6.07 Å². The third-order valence-electron chi connectivity index (χ3n) is 2.80. The maximum atomic E-state index is 11.7. The molecule has 0 aromatic heterocycles. The zero-order valence-electron chi connectivity index (χ0n) is 9.61. The van der Waals surface area contributed by atoms with Crippen molar-refractivity contribution in [3.63, 3.8) is 0 Å². The van der Waals surface area contributed by atoms with Gasteiger partial charge in [0.25, 0.3) is 11.8 Å². The lowest BCUT2D eigenvalue weighted by Crippen LogP contribution is -2.24. The van der Waals surface area contributed by atoms with E-state index in [1.165, 1.54) is 7.05 Å². The molecule has 1 aromatic carbocycles. The topological polar surface area (TPSA) is 66.5 Å². The van der Waals surface area contributed by atoms with E-state index in [4.69, 9.17) is 0 Å². The number of likely N-dealkylation sites (N-methyl/N-ethyl adjacent to an activating group) is 1. The summed E-state index contributed by atoms with van der Waals surface area (Å²) in [7, 11) is 3.00. The summed E-state index contributed by atoms with van der Waals surface area (Å²) in [6, 6.07) is 4.89. The molecule has 0 bridgehead atoms. The van der Waals surface area contributed by atoms with E-state index in [2.05, 4.69) is 5.32 Å². The van der Waals surface area contributed by atoms with Gasteiger partial charge < -0.3 is 5.32 Å². The van der Waals surface area contributed by atoms with Crippen LogP contribution in [0.15, 0.2) is 18.2 Å². The van der Waals surface area contributed by atoms with Crippen molar-refractivity contribution in [3.05, 3.63) is 34.9 Å². The highest BCUT2D eigenvalue weighted by Gasteiger charge is 2.32. The summed E-state index contributed by atoms with van der Waals surface area (Å²) in [4.78, 5) is 35.6. The fourth-order valence-electron chi connectivity index (χ4n) is 1.79. The molecule has 1 heterocycles. The predicted octanol–water partition coefficient (Wildman–Crippen LogP) is 0.201. The number of hydrogen-bond acceptors (Lipinski definition) is 3. The van der Waals surface area contributed by atoms with Crippen molar-refractivity contribution < 1.29 is 14.4 Å². The van der Waals surface area contributed by atoms with E-state index < -0.39 is 0 Å². The van der Waals surface area contributed by atoms with Gasteiger partial charge >= 0.3 is 0 Å². The van der Waals surface area contributed by atoms with Crippen LogP contribution in [0.4, 0.5) is 0 Å². The number of fused-ring (bicyclic) bond motifs is 1. The lowest BCUT2D eigenvalue weighted by atomic mass is 10.0. The molecule has 88 valence electrons. The quantitative estimate of drug-likeness (QED) is 0.741. The first-order chi connectivity index (χ1) is 8.04. The van der Waals surface area contributed by atoms with Crippen LogP contribution in [0, 0.1) is 0 Å². The molecule has 5 heteroatoms. The number of carbonyl (C=O) groups excluding carboxylic acids is 3. The van der Waals surface area contributed by atoms with Crippen molar-refractivity contribution in [3.8, 4) is 0 Å². The fraction of sp³-hybridized carbons (Fsp3) is 0.250. The Morgan fingerprint density at radius 1 is 1.24 bits per heavy atom. The molecule has 0 saturated heterocycles. The summed E-state index contributed by atoms with van der Waals surface area (Å²) >= 11 is 0. The maximum Gasteiger partial charge on any atom is 0.261 e. The molecule has 0 spiro atoms. The minimum absolute atomic E-state index is 0.130. The second kappa shape index (κ2) is 4.01. The second-order valence-corrected chi connectivity index (χ2v) is 3.90. The van der Waals surface area contributed by atoms with Crippen molar-refractivity contribution in [2.45, 2.75) is 6.42 Å². The van der Waals surface area contributed by atoms with E-state index in [1.807, 2.05) is 0 Å². The highest BCUT2D eigenvalue weighted by atomic mass is 16.2. The Morgan fingerprint density at radius 2 is 1.88 bits per heavy atom. The molecule has 1 aliphatic heterocycles. The van der Waals surface area contributed by atoms with Crippen molar-refractivity contribution in [1.29, 1.82) is 0 Å². The van der Waals surface area contributed by atoms with Gasteiger partial charge in [-0.05, 0) is 17.7 Å². The van der Waals surface area contributed by atoms with Crippen molar-refractivity contribution >= 4 is 17.7 Å². The molecule has 1 aromatic rings. The first-order valence-electron chi connectivity index (χ1n) is 5.20. The SMILES string of the molecule is CNC(=O)Cc1ccc2c(c1)C(=O)N(C)C2=O. The Bertz CT molecular complexity index is 522. The number of benzene rings is 1. The Kier molecular flexibility index (Phi) is 2.67. The number of imide groups is 1. The van der Waals surface area contributed by atoms with Crippen molar-refractivity contribution in [2.24, 2.45) is 0 Å². The molecule has 1 N–H and O–H groups in total. The molecule has 5 nitrogen and oxygen atoms in total. The lowest BCUT2D eigenvalue weighted by Gasteiger charge is -2.02. The largest absolute Gasteiger partial charge is 0.359 e. The fourth-order valence-corrected chi connectivity index (χ4v) is 1.79. The minimum atomic E-state index is -0.316. The summed E-state index contributed by atoms with van der Waals surface area (Å²) in [5, 5.41) is 2.51. The summed E-state index contributed by atoms with van der Waals surface area (Å²) in [6.07, 6.45) is 0.203. The standard InChI is InChI=1S/C12H12N2O3/c1-13-10(15)6-7-3-4-8-9(5-7)12(17)14(2)11(8)16/h3-5H,6H2,1-2H3,(H,13,15). The van der Waals surface area contributed by atoms with Gasteiger partial charge in [-0.15, -0.1) is 0 Å². The molecule has 3 amide bonds. The van der Waals surface area contributed by atoms with Crippen molar-refractivity contribution in [2.75, 3.05) is 14.1 Å². The first kappa shape index (κ1) is 11.3. The second-order valence-electron chi connectivity index (χ2n) is 3.90. The molecule has 0 unspecified atom stereocenters. The molecule has 1 aliphatic rings. The number of rotatable bonds is 2. The zero-order chi connectivity index (χ0) is 12.6. The molecular formula is C12H12N2O3. The Hall–Kier alpha value is -2.17. The smallest absolute Gasteiger partial charge is 0.261 e. The van der Waals surface area contributed by atoms with E-state index in [0.29, 0.717) is 11.1 Å². The third kappa shape index (κ3) is 1.80. The Labute approximate surface area is 98.4 Å². The Morgan fingerprint density at radius 3 is 2.53 bits per heavy atom. The van der Waals surface area contributed by atoms with Gasteiger partial charge in [0.05, 0.1) is 17.5 Å². The van der Waals surface area contributed by atoms with Crippen LogP contribution in [-0.4, -0.2) is 36.7 Å². The number of nitrogens with one attached hydrogen (secondary N) is 1. The van der Waals surface area contributed by atoms with Crippen LogP contribution in [0.3, 0.4) is 0 Å². The van der Waals surface area contributed by atoms with Gasteiger partial charge in [-0.25, -0.2) is 0 Å². The van der Waals surface area contributed by atoms with Gasteiger partial charge in [-0.2, -0.15) is 0 Å². The van der Waals surface area contributed by atoms with Crippen LogP contribution in [-0.2, 0) is 11.2 Å². The van der Waals surface area contributed by atoms with Crippen LogP contribution in [0.25, 0.3) is 0 Å². The summed E-state index contributed by atoms with van der Waals surface area (Å²) in [6.45, 7) is 0. The van der Waals surface area contributed by atoms with Gasteiger partial charge in [-0.3, -0.25) is 19.3 Å². The van der Waals surface area contributed by atoms with Gasteiger partial charge in [0.1, 0.15) is 0 Å². The normalized spacial score (nSPS) is 13.9. The minimum Gasteiger partial charge on any atom is -0.359 e. The summed E-state index contributed by atoms with van der Waals surface area (Å²) < 4.78 is 0. The van der Waals surface area contributed by atoms with E-state index in [0.717, 1.165) is 10.5 Å². The molecule has 17 heavy (non-hydrogen) atoms.